The van der Waals surface area contributed by atoms with Gasteiger partial charge < -0.3 is 0 Å². The molecule has 1 unspecified atom stereocenters. The molecular formula is C23H23ClN4O5S3. The summed E-state index contributed by atoms with van der Waals surface area (Å²) in [4.78, 5) is 19.4. The number of hydrogen-bond donors (Lipinski definition) is 1. The Hall–Kier alpha value is -2.77. The van der Waals surface area contributed by atoms with Gasteiger partial charge in [0.05, 0.1) is 16.3 Å². The Labute approximate surface area is 219 Å². The molecule has 0 bridgehead atoms. The molecule has 13 heteroatoms. The smallest absolute Gasteiger partial charge is 0.246 e. The lowest BCUT2D eigenvalue weighted by Crippen LogP contribution is -2.40. The van der Waals surface area contributed by atoms with Crippen LogP contribution in [0.25, 0.3) is 17.2 Å². The molecular weight excluding hydrogens is 544 g/mol. The fourth-order valence-corrected chi connectivity index (χ4v) is 6.29. The van der Waals surface area contributed by atoms with E-state index in [1.807, 2.05) is 0 Å². The van der Waals surface area contributed by atoms with Crippen LogP contribution >= 0.6 is 22.9 Å². The molecule has 3 heterocycles. The number of rotatable bonds is 8. The summed E-state index contributed by atoms with van der Waals surface area (Å²) >= 11 is 7.11. The van der Waals surface area contributed by atoms with Crippen LogP contribution in [0.4, 0.5) is 11.5 Å². The van der Waals surface area contributed by atoms with Crippen LogP contribution in [-0.4, -0.2) is 53.6 Å². The number of thiophene rings is 1. The highest BCUT2D eigenvalue weighted by Gasteiger charge is 2.35. The van der Waals surface area contributed by atoms with Gasteiger partial charge in [0, 0.05) is 41.2 Å². The molecule has 1 saturated heterocycles. The van der Waals surface area contributed by atoms with E-state index in [9.17, 15) is 21.6 Å². The minimum absolute atomic E-state index is 0.294. The number of sulfonamides is 2. The third kappa shape index (κ3) is 5.95. The van der Waals surface area contributed by atoms with Crippen LogP contribution < -0.4 is 13.9 Å². The Morgan fingerprint density at radius 3 is 2.53 bits per heavy atom. The molecule has 0 saturated carbocycles. The minimum atomic E-state index is -3.85. The SMILES string of the molecule is CN(c1ccccc1-c1ccc(N2CCC(NS(=O)(=O)/C=C/c3ccc(Cl)s3)C2=O)nc1)S(C)(=O)=O. The molecule has 1 N–H and O–H groups in total. The zero-order valence-corrected chi connectivity index (χ0v) is 22.5. The number of para-hydroxylation sites is 1. The van der Waals surface area contributed by atoms with Gasteiger partial charge in [-0.25, -0.2) is 21.8 Å². The van der Waals surface area contributed by atoms with E-state index >= 15 is 0 Å². The summed E-state index contributed by atoms with van der Waals surface area (Å²) in [6.45, 7) is 0.302. The number of hydrogen-bond acceptors (Lipinski definition) is 7. The summed E-state index contributed by atoms with van der Waals surface area (Å²) in [6, 6.07) is 12.9. The van der Waals surface area contributed by atoms with Crippen molar-refractivity contribution >= 4 is 66.5 Å². The van der Waals surface area contributed by atoms with Crippen LogP contribution in [0.2, 0.25) is 4.34 Å². The number of amides is 1. The third-order valence-corrected chi connectivity index (χ3v) is 9.09. The first-order valence-corrected chi connectivity index (χ1v) is 15.3. The van der Waals surface area contributed by atoms with Crippen molar-refractivity contribution in [3.63, 3.8) is 0 Å². The summed E-state index contributed by atoms with van der Waals surface area (Å²) in [5.74, 6) is -0.0215. The minimum Gasteiger partial charge on any atom is -0.295 e. The molecule has 1 amide bonds. The van der Waals surface area contributed by atoms with Gasteiger partial charge in [0.25, 0.3) is 0 Å². The van der Waals surface area contributed by atoms with Crippen molar-refractivity contribution in [1.82, 2.24) is 9.71 Å². The molecule has 1 fully saturated rings. The van der Waals surface area contributed by atoms with Crippen LogP contribution in [0, 0.1) is 0 Å². The number of nitrogens with one attached hydrogen (secondary N) is 1. The maximum absolute atomic E-state index is 12.9. The number of nitrogens with zero attached hydrogens (tertiary/aromatic N) is 3. The molecule has 2 aromatic heterocycles. The van der Waals surface area contributed by atoms with Crippen molar-refractivity contribution in [2.75, 3.05) is 29.1 Å². The number of anilines is 2. The highest BCUT2D eigenvalue weighted by molar-refractivity contribution is 7.92. The average Bonchev–Trinajstić information content (AvgIpc) is 3.42. The quantitative estimate of drug-likeness (QED) is 0.445. The molecule has 9 nitrogen and oxygen atoms in total. The zero-order chi connectivity index (χ0) is 26.1. The van der Waals surface area contributed by atoms with Gasteiger partial charge >= 0.3 is 0 Å². The predicted octanol–water partition coefficient (Wildman–Crippen LogP) is 3.55. The summed E-state index contributed by atoms with van der Waals surface area (Å²) < 4.78 is 53.1. The van der Waals surface area contributed by atoms with E-state index in [2.05, 4.69) is 9.71 Å². The van der Waals surface area contributed by atoms with Gasteiger partial charge in [0.1, 0.15) is 11.9 Å². The van der Waals surface area contributed by atoms with Crippen LogP contribution in [0.5, 0.6) is 0 Å². The lowest BCUT2D eigenvalue weighted by atomic mass is 10.1. The first-order chi connectivity index (χ1) is 16.9. The van der Waals surface area contributed by atoms with Crippen LogP contribution in [0.3, 0.4) is 0 Å². The molecule has 36 heavy (non-hydrogen) atoms. The van der Waals surface area contributed by atoms with Crippen molar-refractivity contribution in [3.05, 3.63) is 69.3 Å². The van der Waals surface area contributed by atoms with E-state index < -0.39 is 32.0 Å². The Morgan fingerprint density at radius 2 is 1.89 bits per heavy atom. The maximum Gasteiger partial charge on any atom is 0.246 e. The van der Waals surface area contributed by atoms with Crippen molar-refractivity contribution in [3.8, 4) is 11.1 Å². The van der Waals surface area contributed by atoms with E-state index in [0.717, 1.165) is 11.7 Å². The normalized spacial score (nSPS) is 16.7. The first-order valence-electron chi connectivity index (χ1n) is 10.7. The summed E-state index contributed by atoms with van der Waals surface area (Å²) in [5, 5.41) is 1.02. The van der Waals surface area contributed by atoms with Gasteiger partial charge in [-0.1, -0.05) is 29.8 Å². The van der Waals surface area contributed by atoms with Crippen molar-refractivity contribution in [1.29, 1.82) is 0 Å². The first kappa shape index (κ1) is 26.3. The number of aromatic nitrogens is 1. The number of carbonyl (C=O) groups is 1. The predicted molar refractivity (Wildman–Crippen MR) is 144 cm³/mol. The Morgan fingerprint density at radius 1 is 1.14 bits per heavy atom. The molecule has 1 aliphatic rings. The topological polar surface area (TPSA) is 117 Å². The van der Waals surface area contributed by atoms with Gasteiger partial charge in [-0.3, -0.25) is 14.0 Å². The maximum atomic E-state index is 12.9. The molecule has 1 aliphatic heterocycles. The van der Waals surface area contributed by atoms with E-state index in [4.69, 9.17) is 11.6 Å². The average molecular weight is 567 g/mol. The molecule has 1 atom stereocenters. The fourth-order valence-electron chi connectivity index (χ4n) is 3.70. The lowest BCUT2D eigenvalue weighted by Gasteiger charge is -2.21. The number of carbonyl (C=O) groups excluding carboxylic acids is 1. The highest BCUT2D eigenvalue weighted by atomic mass is 35.5. The van der Waals surface area contributed by atoms with E-state index in [0.29, 0.717) is 44.8 Å². The third-order valence-electron chi connectivity index (χ3n) is 5.59. The number of pyridine rings is 1. The zero-order valence-electron chi connectivity index (χ0n) is 19.3. The van der Waals surface area contributed by atoms with Crippen molar-refractivity contribution in [2.24, 2.45) is 0 Å². The van der Waals surface area contributed by atoms with Gasteiger partial charge in [0.15, 0.2) is 0 Å². The van der Waals surface area contributed by atoms with E-state index in [-0.39, 0.29) is 0 Å². The van der Waals surface area contributed by atoms with Crippen LogP contribution in [0.1, 0.15) is 11.3 Å². The van der Waals surface area contributed by atoms with E-state index in [1.165, 1.54) is 33.7 Å². The molecule has 3 aromatic rings. The summed E-state index contributed by atoms with van der Waals surface area (Å²) in [5.41, 5.74) is 1.84. The molecule has 0 spiro atoms. The molecule has 0 radical (unpaired) electrons. The van der Waals surface area contributed by atoms with Crippen molar-refractivity contribution < 1.29 is 21.6 Å². The van der Waals surface area contributed by atoms with Crippen LogP contribution in [-0.2, 0) is 24.8 Å². The van der Waals surface area contributed by atoms with Gasteiger partial charge in [0.2, 0.25) is 26.0 Å². The monoisotopic (exact) mass is 566 g/mol. The Balaban J connectivity index is 1.48. The second-order valence-corrected chi connectivity index (χ2v) is 13.4. The number of halogens is 1. The summed E-state index contributed by atoms with van der Waals surface area (Å²) in [7, 11) is -5.83. The molecule has 1 aromatic carbocycles. The van der Waals surface area contributed by atoms with Gasteiger partial charge in [-0.2, -0.15) is 4.72 Å². The highest BCUT2D eigenvalue weighted by Crippen LogP contribution is 2.32. The van der Waals surface area contributed by atoms with Crippen LogP contribution in [0.15, 0.2) is 60.1 Å². The molecule has 190 valence electrons. The van der Waals surface area contributed by atoms with Gasteiger partial charge in [-0.15, -0.1) is 11.3 Å². The number of benzene rings is 1. The van der Waals surface area contributed by atoms with E-state index in [1.54, 1.807) is 54.7 Å². The Kier molecular flexibility index (Phi) is 7.53. The van der Waals surface area contributed by atoms with Crippen molar-refractivity contribution in [2.45, 2.75) is 12.5 Å². The second-order valence-electron chi connectivity index (χ2n) is 8.09. The largest absolute Gasteiger partial charge is 0.295 e. The standard InChI is InChI=1S/C23H23ClN4O5S3/c1-27(35(2,30)31)20-6-4-3-5-18(20)16-7-10-22(25-15-16)28-13-11-19(23(28)29)26-36(32,33)14-12-17-8-9-21(24)34-17/h3-10,12,14-15,19,26H,11,13H2,1-2H3/b14-12+. The van der Waals surface area contributed by atoms with Gasteiger partial charge in [-0.05, 0) is 42.8 Å². The molecule has 0 aliphatic carbocycles. The fraction of sp³-hybridized carbons (Fsp3) is 0.217. The lowest BCUT2D eigenvalue weighted by molar-refractivity contribution is -0.118. The summed E-state index contributed by atoms with van der Waals surface area (Å²) in [6.07, 6.45) is 4.41. The second kappa shape index (κ2) is 10.3. The molecule has 4 rings (SSSR count). The Bertz CT molecular complexity index is 1520.